The SMILES string of the molecule is CCc1cn2c(N)c(Cl)cc(C(=O)NCC3CCN(CCNS(C)(=O)=O)CC3)c2n1. The smallest absolute Gasteiger partial charge is 0.255 e. The van der Waals surface area contributed by atoms with E-state index < -0.39 is 10.0 Å². The van der Waals surface area contributed by atoms with Gasteiger partial charge in [0.1, 0.15) is 5.82 Å². The lowest BCUT2D eigenvalue weighted by molar-refractivity contribution is 0.0937. The Bertz CT molecular complexity index is 1010. The molecule has 4 N–H and O–H groups in total. The van der Waals surface area contributed by atoms with Crippen LogP contribution < -0.4 is 15.8 Å². The largest absolute Gasteiger partial charge is 0.384 e. The predicted molar refractivity (Wildman–Crippen MR) is 118 cm³/mol. The summed E-state index contributed by atoms with van der Waals surface area (Å²) in [7, 11) is -3.15. The van der Waals surface area contributed by atoms with Gasteiger partial charge in [0.05, 0.1) is 22.5 Å². The van der Waals surface area contributed by atoms with E-state index in [-0.39, 0.29) is 5.91 Å². The molecule has 2 aromatic rings. The maximum absolute atomic E-state index is 12.8. The van der Waals surface area contributed by atoms with Crippen LogP contribution in [0.2, 0.25) is 5.02 Å². The third-order valence-corrected chi connectivity index (χ3v) is 6.46. The first-order valence-electron chi connectivity index (χ1n) is 10.1. The Hall–Kier alpha value is -1.88. The number of aryl methyl sites for hydroxylation is 1. The molecule has 1 saturated heterocycles. The molecular weight excluding hydrogens is 428 g/mol. The van der Waals surface area contributed by atoms with E-state index in [9.17, 15) is 13.2 Å². The fourth-order valence-electron chi connectivity index (χ4n) is 3.66. The highest BCUT2D eigenvalue weighted by Gasteiger charge is 2.22. The normalized spacial score (nSPS) is 16.2. The molecule has 0 aromatic carbocycles. The number of nitrogens with one attached hydrogen (secondary N) is 2. The molecule has 0 radical (unpaired) electrons. The van der Waals surface area contributed by atoms with Crippen molar-refractivity contribution in [1.29, 1.82) is 0 Å². The highest BCUT2D eigenvalue weighted by molar-refractivity contribution is 7.88. The van der Waals surface area contributed by atoms with Crippen LogP contribution in [0.25, 0.3) is 5.65 Å². The van der Waals surface area contributed by atoms with Crippen molar-refractivity contribution in [3.63, 3.8) is 0 Å². The number of aromatic nitrogens is 2. The number of piperidine rings is 1. The Labute approximate surface area is 182 Å². The number of carbonyl (C=O) groups excluding carboxylic acids is 1. The maximum Gasteiger partial charge on any atom is 0.255 e. The average molecular weight is 457 g/mol. The number of anilines is 1. The first kappa shape index (κ1) is 22.8. The minimum Gasteiger partial charge on any atom is -0.384 e. The standard InChI is InChI=1S/C19H29ClN6O3S/c1-3-14-12-26-17(21)16(20)10-15(18(26)24-14)19(27)22-11-13-4-7-25(8-5-13)9-6-23-30(2,28)29/h10,12-13,23H,3-9,11,21H2,1-2H3,(H,22,27). The molecule has 0 unspecified atom stereocenters. The zero-order valence-electron chi connectivity index (χ0n) is 17.3. The predicted octanol–water partition coefficient (Wildman–Crippen LogP) is 1.12. The van der Waals surface area contributed by atoms with Crippen molar-refractivity contribution in [3.05, 3.63) is 28.5 Å². The molecule has 3 heterocycles. The van der Waals surface area contributed by atoms with Crippen molar-refractivity contribution in [2.45, 2.75) is 26.2 Å². The number of hydrogen-bond donors (Lipinski definition) is 3. The lowest BCUT2D eigenvalue weighted by Crippen LogP contribution is -2.41. The van der Waals surface area contributed by atoms with Gasteiger partial charge in [0.25, 0.3) is 5.91 Å². The summed E-state index contributed by atoms with van der Waals surface area (Å²) in [5.74, 6) is 0.530. The Morgan fingerprint density at radius 2 is 2.07 bits per heavy atom. The number of halogens is 1. The summed E-state index contributed by atoms with van der Waals surface area (Å²) in [6.07, 6.45) is 5.59. The lowest BCUT2D eigenvalue weighted by atomic mass is 9.96. The van der Waals surface area contributed by atoms with Crippen LogP contribution in [0.15, 0.2) is 12.3 Å². The summed E-state index contributed by atoms with van der Waals surface area (Å²) in [5.41, 5.74) is 7.81. The second-order valence-electron chi connectivity index (χ2n) is 7.73. The van der Waals surface area contributed by atoms with E-state index in [1.165, 1.54) is 0 Å². The van der Waals surface area contributed by atoms with Gasteiger partial charge in [-0.15, -0.1) is 0 Å². The van der Waals surface area contributed by atoms with Crippen molar-refractivity contribution >= 4 is 39.0 Å². The van der Waals surface area contributed by atoms with Crippen LogP contribution in [0.3, 0.4) is 0 Å². The second-order valence-corrected chi connectivity index (χ2v) is 9.97. The summed E-state index contributed by atoms with van der Waals surface area (Å²) in [5, 5.41) is 3.33. The molecule has 0 bridgehead atoms. The second kappa shape index (κ2) is 9.51. The monoisotopic (exact) mass is 456 g/mol. The van der Waals surface area contributed by atoms with Crippen molar-refractivity contribution in [3.8, 4) is 0 Å². The number of amides is 1. The van der Waals surface area contributed by atoms with E-state index in [1.807, 2.05) is 13.1 Å². The molecule has 30 heavy (non-hydrogen) atoms. The van der Waals surface area contributed by atoms with Gasteiger partial charge >= 0.3 is 0 Å². The topological polar surface area (TPSA) is 122 Å². The molecule has 0 spiro atoms. The van der Waals surface area contributed by atoms with Gasteiger partial charge < -0.3 is 16.0 Å². The van der Waals surface area contributed by atoms with Crippen LogP contribution in [0.5, 0.6) is 0 Å². The Morgan fingerprint density at radius 3 is 2.70 bits per heavy atom. The van der Waals surface area contributed by atoms with Crippen LogP contribution in [0, 0.1) is 5.92 Å². The Morgan fingerprint density at radius 1 is 1.37 bits per heavy atom. The third kappa shape index (κ3) is 5.63. The molecule has 0 atom stereocenters. The maximum atomic E-state index is 12.8. The molecule has 1 aliphatic rings. The number of nitrogens with two attached hydrogens (primary N) is 1. The fourth-order valence-corrected chi connectivity index (χ4v) is 4.32. The van der Waals surface area contributed by atoms with Crippen molar-refractivity contribution in [2.75, 3.05) is 44.7 Å². The summed E-state index contributed by atoms with van der Waals surface area (Å²) >= 11 is 6.22. The molecule has 0 aliphatic carbocycles. The molecule has 3 rings (SSSR count). The number of nitrogen functional groups attached to an aromatic ring is 1. The number of hydrogen-bond acceptors (Lipinski definition) is 6. The minimum absolute atomic E-state index is 0.213. The molecular formula is C19H29ClN6O3S. The molecule has 2 aromatic heterocycles. The fraction of sp³-hybridized carbons (Fsp3) is 0.579. The Balaban J connectivity index is 1.54. The minimum atomic E-state index is -3.15. The lowest BCUT2D eigenvalue weighted by Gasteiger charge is -2.31. The van der Waals surface area contributed by atoms with E-state index in [0.29, 0.717) is 47.6 Å². The van der Waals surface area contributed by atoms with Gasteiger partial charge in [-0.05, 0) is 44.3 Å². The quantitative estimate of drug-likeness (QED) is 0.547. The molecule has 0 saturated carbocycles. The van der Waals surface area contributed by atoms with E-state index >= 15 is 0 Å². The number of pyridine rings is 1. The van der Waals surface area contributed by atoms with Gasteiger partial charge in [-0.25, -0.2) is 18.1 Å². The van der Waals surface area contributed by atoms with Gasteiger partial charge in [0.2, 0.25) is 10.0 Å². The van der Waals surface area contributed by atoms with E-state index in [1.54, 1.807) is 10.5 Å². The zero-order valence-corrected chi connectivity index (χ0v) is 18.9. The molecule has 9 nitrogen and oxygen atoms in total. The van der Waals surface area contributed by atoms with Gasteiger partial charge in [0.15, 0.2) is 5.65 Å². The number of likely N-dealkylation sites (tertiary alicyclic amines) is 1. The van der Waals surface area contributed by atoms with Crippen LogP contribution in [0.1, 0.15) is 35.8 Å². The van der Waals surface area contributed by atoms with E-state index in [0.717, 1.165) is 44.3 Å². The van der Waals surface area contributed by atoms with E-state index in [2.05, 4.69) is 19.9 Å². The molecule has 1 aliphatic heterocycles. The van der Waals surface area contributed by atoms with Crippen LogP contribution in [-0.4, -0.2) is 67.6 Å². The number of carbonyl (C=O) groups is 1. The molecule has 11 heteroatoms. The van der Waals surface area contributed by atoms with Crippen molar-refractivity contribution in [1.82, 2.24) is 24.3 Å². The molecule has 166 valence electrons. The van der Waals surface area contributed by atoms with Crippen LogP contribution >= 0.6 is 11.6 Å². The Kier molecular flexibility index (Phi) is 7.22. The molecule has 1 fully saturated rings. The van der Waals surface area contributed by atoms with Crippen LogP contribution in [-0.2, 0) is 16.4 Å². The third-order valence-electron chi connectivity index (χ3n) is 5.43. The van der Waals surface area contributed by atoms with Gasteiger partial charge in [-0.3, -0.25) is 9.20 Å². The van der Waals surface area contributed by atoms with Gasteiger partial charge in [-0.1, -0.05) is 18.5 Å². The highest BCUT2D eigenvalue weighted by atomic mass is 35.5. The highest BCUT2D eigenvalue weighted by Crippen LogP contribution is 2.25. The molecule has 1 amide bonds. The first-order chi connectivity index (χ1) is 14.2. The van der Waals surface area contributed by atoms with Gasteiger partial charge in [0, 0.05) is 25.8 Å². The van der Waals surface area contributed by atoms with Crippen LogP contribution in [0.4, 0.5) is 5.82 Å². The number of imidazole rings is 1. The summed E-state index contributed by atoms with van der Waals surface area (Å²) in [6.45, 7) is 5.42. The first-order valence-corrected chi connectivity index (χ1v) is 12.4. The van der Waals surface area contributed by atoms with Crippen molar-refractivity contribution in [2.24, 2.45) is 5.92 Å². The van der Waals surface area contributed by atoms with E-state index in [4.69, 9.17) is 17.3 Å². The summed E-state index contributed by atoms with van der Waals surface area (Å²) < 4.78 is 26.5. The number of fused-ring (bicyclic) bond motifs is 1. The summed E-state index contributed by atoms with van der Waals surface area (Å²) in [4.78, 5) is 19.6. The van der Waals surface area contributed by atoms with Gasteiger partial charge in [-0.2, -0.15) is 0 Å². The summed E-state index contributed by atoms with van der Waals surface area (Å²) in [6, 6.07) is 1.57. The zero-order chi connectivity index (χ0) is 21.9. The number of rotatable bonds is 8. The van der Waals surface area contributed by atoms with Crippen molar-refractivity contribution < 1.29 is 13.2 Å². The number of sulfonamides is 1. The number of nitrogens with zero attached hydrogens (tertiary/aromatic N) is 3. The average Bonchev–Trinajstić information content (AvgIpc) is 3.14.